The molecule has 0 aromatic heterocycles. The lowest BCUT2D eigenvalue weighted by Crippen LogP contribution is -2.30. The van der Waals surface area contributed by atoms with Gasteiger partial charge in [0, 0.05) is 19.3 Å². The first kappa shape index (κ1) is 114. The minimum Gasteiger partial charge on any atom is -0.463 e. The topological polar surface area (TPSA) is 231 Å². The number of esters is 3. The summed E-state index contributed by atoms with van der Waals surface area (Å²) in [5.41, 5.74) is 0. The number of hydrogen-bond donors (Lipinski definition) is 4. The summed E-state index contributed by atoms with van der Waals surface area (Å²) in [4.78, 5) is 59.1. The van der Waals surface area contributed by atoms with E-state index in [-0.39, 0.29) is 19.3 Å². The third kappa shape index (κ3) is 93.5. The summed E-state index contributed by atoms with van der Waals surface area (Å²) in [6, 6.07) is 0. The zero-order chi connectivity index (χ0) is 86.5. The molecule has 0 spiro atoms. The Kier molecular flexibility index (Phi) is 88.2. The molecule has 5 unspecified atom stereocenters. The van der Waals surface area contributed by atoms with Crippen LogP contribution in [0.1, 0.15) is 393 Å². The van der Waals surface area contributed by atoms with Crippen LogP contribution in [0.15, 0.2) is 170 Å². The normalized spacial score (nSPS) is 14.5. The van der Waals surface area contributed by atoms with Crippen molar-refractivity contribution in [3.05, 3.63) is 170 Å². The van der Waals surface area contributed by atoms with Crippen LogP contribution in [0.4, 0.5) is 0 Å². The molecule has 0 aliphatic rings. The number of phosphoric acid groups is 2. The molecule has 119 heavy (non-hydrogen) atoms. The van der Waals surface area contributed by atoms with E-state index < -0.39 is 91.5 Å². The van der Waals surface area contributed by atoms with Gasteiger partial charge in [-0.15, -0.1) is 0 Å². The van der Waals surface area contributed by atoms with E-state index in [0.717, 1.165) is 167 Å². The van der Waals surface area contributed by atoms with Crippen molar-refractivity contribution in [1.82, 2.24) is 0 Å². The molecule has 0 radical (unpaired) electrons. The zero-order valence-electron chi connectivity index (χ0n) is 75.2. The molecule has 0 fully saturated rings. The number of aliphatic hydroxyl groups is 2. The van der Waals surface area contributed by atoms with Gasteiger partial charge in [0.1, 0.15) is 25.4 Å². The lowest BCUT2D eigenvalue weighted by molar-refractivity contribution is -0.161. The largest absolute Gasteiger partial charge is 0.472 e. The van der Waals surface area contributed by atoms with Crippen molar-refractivity contribution in [3.8, 4) is 0 Å². The summed E-state index contributed by atoms with van der Waals surface area (Å²) in [5.74, 6) is -1.58. The molecular weight excluding hydrogens is 1530 g/mol. The summed E-state index contributed by atoms with van der Waals surface area (Å²) < 4.78 is 61.6. The van der Waals surface area contributed by atoms with E-state index in [1.54, 1.807) is 0 Å². The zero-order valence-corrected chi connectivity index (χ0v) is 77.0. The van der Waals surface area contributed by atoms with E-state index >= 15 is 0 Å². The van der Waals surface area contributed by atoms with Gasteiger partial charge in [-0.3, -0.25) is 32.5 Å². The molecule has 0 heterocycles. The van der Waals surface area contributed by atoms with E-state index in [1.807, 2.05) is 0 Å². The second-order valence-corrected chi connectivity index (χ2v) is 34.3. The monoisotopic (exact) mass is 1700 g/mol. The summed E-state index contributed by atoms with van der Waals surface area (Å²) in [6.07, 6.45) is 120. The summed E-state index contributed by atoms with van der Waals surface area (Å²) >= 11 is 0. The van der Waals surface area contributed by atoms with Gasteiger partial charge in [0.2, 0.25) is 0 Å². The first-order valence-electron chi connectivity index (χ1n) is 47.4. The number of aliphatic hydroxyl groups excluding tert-OH is 2. The Hall–Kier alpha value is -5.09. The van der Waals surface area contributed by atoms with E-state index in [1.165, 1.54) is 167 Å². The maximum Gasteiger partial charge on any atom is 0.472 e. The summed E-state index contributed by atoms with van der Waals surface area (Å²) in [6.45, 7) is 2.47. The van der Waals surface area contributed by atoms with Crippen molar-refractivity contribution in [2.24, 2.45) is 0 Å². The van der Waals surface area contributed by atoms with Gasteiger partial charge in [-0.05, 0) is 154 Å². The van der Waals surface area contributed by atoms with Crippen LogP contribution < -0.4 is 0 Å². The smallest absolute Gasteiger partial charge is 0.463 e. The number of rotatable bonds is 89. The highest BCUT2D eigenvalue weighted by atomic mass is 31.2. The fourth-order valence-electron chi connectivity index (χ4n) is 12.8. The van der Waals surface area contributed by atoms with Crippen LogP contribution in [-0.2, 0) is 55.8 Å². The van der Waals surface area contributed by atoms with Gasteiger partial charge in [-0.1, -0.05) is 390 Å². The molecule has 0 aliphatic carbocycles. The Balaban J connectivity index is 4.63. The van der Waals surface area contributed by atoms with Gasteiger partial charge >= 0.3 is 33.6 Å². The van der Waals surface area contributed by atoms with E-state index in [9.17, 15) is 43.5 Å². The molecule has 0 saturated heterocycles. The minimum absolute atomic E-state index is 0.0917. The molecule has 0 rings (SSSR count). The number of carbonyl (C=O) groups excluding carboxylic acids is 3. The molecule has 5 atom stereocenters. The molecule has 0 amide bonds. The number of unbranched alkanes of at least 4 members (excludes halogenated alkanes) is 38. The molecule has 0 aliphatic heterocycles. The summed E-state index contributed by atoms with van der Waals surface area (Å²) in [5, 5.41) is 20.8. The van der Waals surface area contributed by atoms with Gasteiger partial charge in [0.05, 0.1) is 26.4 Å². The molecule has 4 N–H and O–H groups in total. The predicted molar refractivity (Wildman–Crippen MR) is 500 cm³/mol. The van der Waals surface area contributed by atoms with Gasteiger partial charge in [-0.2, -0.15) is 0 Å². The molecule has 0 aromatic rings. The van der Waals surface area contributed by atoms with Crippen LogP contribution in [0, 0.1) is 0 Å². The number of hydrogen-bond acceptors (Lipinski definition) is 14. The molecule has 0 bridgehead atoms. The van der Waals surface area contributed by atoms with Crippen LogP contribution >= 0.6 is 15.6 Å². The Morgan fingerprint density at radius 2 is 0.445 bits per heavy atom. The van der Waals surface area contributed by atoms with Crippen molar-refractivity contribution >= 4 is 33.6 Å². The first-order chi connectivity index (χ1) is 58.2. The molecule has 16 nitrogen and oxygen atoms in total. The van der Waals surface area contributed by atoms with Gasteiger partial charge in [0.25, 0.3) is 0 Å². The quantitative estimate of drug-likeness (QED) is 0.0146. The fraction of sp³-hybridized carbons (Fsp3) is 0.693. The predicted octanol–water partition coefficient (Wildman–Crippen LogP) is 29.4. The van der Waals surface area contributed by atoms with Crippen LogP contribution in [0.3, 0.4) is 0 Å². The maximum atomic E-state index is 13.1. The third-order valence-corrected chi connectivity index (χ3v) is 21.8. The minimum atomic E-state index is -4.95. The number of phosphoric ester groups is 2. The van der Waals surface area contributed by atoms with Gasteiger partial charge < -0.3 is 34.2 Å². The highest BCUT2D eigenvalue weighted by Crippen LogP contribution is 2.45. The average molecular weight is 1700 g/mol. The standard InChI is InChI=1S/C101H172O16P2/c1-4-7-10-13-16-19-22-25-28-31-34-37-40-43-45-46-47-48-50-53-54-57-60-63-66-69-72-75-78-81-84-87-99(104)111-90-96(102)91-113-118(107,108)114-92-97(103)93-115-119(109,110)116-95-98(117-101(106)89-86-83-80-77-74-71-68-65-62-59-56-51-42-39-36-33-30-27-24-21-18-15-12-9-6-3)94-112-100(105)88-85-82-79-76-73-70-67-64-61-58-55-52-49-44-41-38-35-32-29-26-23-20-17-14-11-8-5-2/h8-9,11-12,16-21,25-30,34-39,43-45,49,51,56,96-98,102-103H,4-7,10,13-15,22-24,31-33,40-42,46-48,50,52-55,57-95H2,1-3H3,(H,107,108)(H,109,110)/b11-8-,12-9-,19-16-,20-17-,21-18-,28-25-,29-26-,30-27-,37-34-,38-35-,39-36-,45-43-,49-44-,56-51-. The van der Waals surface area contributed by atoms with Crippen LogP contribution in [-0.4, -0.2) is 95.9 Å². The highest BCUT2D eigenvalue weighted by Gasteiger charge is 2.30. The second kappa shape index (κ2) is 92.1. The van der Waals surface area contributed by atoms with Crippen molar-refractivity contribution < 1.29 is 75.8 Å². The summed E-state index contributed by atoms with van der Waals surface area (Å²) in [7, 11) is -9.82. The number of ether oxygens (including phenoxy) is 3. The number of allylic oxidation sites excluding steroid dienone is 28. The molecule has 0 aromatic carbocycles. The SMILES string of the molecule is CC/C=C\C/C=C\C/C=C\C/C=C\C/C=C\CCCCCCCCCCCCCC(=O)OCC(COP(=O)(O)OCC(O)COP(=O)(O)OCC(O)COC(=O)CCCCCCCCCCCCCCCCC/C=C\C/C=C\C/C=C\C/C=C\CCCCC)OC(=O)CCCCCCCCCCC/C=C\C/C=C\C/C=C\C/C=C\C/C=C\CC. The first-order valence-corrected chi connectivity index (χ1v) is 50.4. The second-order valence-electron chi connectivity index (χ2n) is 31.4. The molecule has 682 valence electrons. The highest BCUT2D eigenvalue weighted by molar-refractivity contribution is 7.47. The Bertz CT molecular complexity index is 2840. The lowest BCUT2D eigenvalue weighted by atomic mass is 10.0. The van der Waals surface area contributed by atoms with E-state index in [0.29, 0.717) is 19.3 Å². The van der Waals surface area contributed by atoms with Crippen LogP contribution in [0.5, 0.6) is 0 Å². The van der Waals surface area contributed by atoms with Crippen molar-refractivity contribution in [2.45, 2.75) is 411 Å². The Morgan fingerprint density at radius 3 is 0.706 bits per heavy atom. The Morgan fingerprint density at radius 1 is 0.244 bits per heavy atom. The molecule has 0 saturated carbocycles. The van der Waals surface area contributed by atoms with Crippen LogP contribution in [0.25, 0.3) is 0 Å². The Labute approximate surface area is 726 Å². The van der Waals surface area contributed by atoms with Crippen LogP contribution in [0.2, 0.25) is 0 Å². The van der Waals surface area contributed by atoms with Gasteiger partial charge in [-0.25, -0.2) is 9.13 Å². The molecular formula is C101H172O16P2. The average Bonchev–Trinajstić information content (AvgIpc) is 0.902. The number of carbonyl (C=O) groups is 3. The third-order valence-electron chi connectivity index (χ3n) is 19.9. The van der Waals surface area contributed by atoms with Crippen molar-refractivity contribution in [1.29, 1.82) is 0 Å². The fourth-order valence-corrected chi connectivity index (χ4v) is 14.4. The van der Waals surface area contributed by atoms with Gasteiger partial charge in [0.15, 0.2) is 6.10 Å². The van der Waals surface area contributed by atoms with Crippen molar-refractivity contribution in [2.75, 3.05) is 39.6 Å². The van der Waals surface area contributed by atoms with E-state index in [2.05, 4.69) is 191 Å². The maximum absolute atomic E-state index is 13.1. The van der Waals surface area contributed by atoms with E-state index in [4.69, 9.17) is 32.3 Å². The lowest BCUT2D eigenvalue weighted by Gasteiger charge is -2.21. The molecule has 18 heteroatoms. The van der Waals surface area contributed by atoms with Crippen molar-refractivity contribution in [3.63, 3.8) is 0 Å².